The molecule has 3 aromatic heterocycles. The minimum Gasteiger partial charge on any atom is -0.490 e. The van der Waals surface area contributed by atoms with E-state index in [9.17, 15) is 4.79 Å². The van der Waals surface area contributed by atoms with Gasteiger partial charge >= 0.3 is 0 Å². The first-order chi connectivity index (χ1) is 17.6. The van der Waals surface area contributed by atoms with Gasteiger partial charge in [-0.05, 0) is 50.4 Å². The SMILES string of the molecule is CCn1cc(-n2ccc(=O)c(C(C)c3cccc(-c4ncc(OCC5CCNCC5)cn4)c3)n2)cn1. The molecule has 0 amide bonds. The van der Waals surface area contributed by atoms with E-state index >= 15 is 0 Å². The maximum absolute atomic E-state index is 12.7. The van der Waals surface area contributed by atoms with Crippen molar-refractivity contribution in [3.63, 3.8) is 0 Å². The molecule has 1 N–H and O–H groups in total. The van der Waals surface area contributed by atoms with Gasteiger partial charge in [-0.1, -0.05) is 25.1 Å². The van der Waals surface area contributed by atoms with Crippen molar-refractivity contribution in [1.29, 1.82) is 0 Å². The molecule has 36 heavy (non-hydrogen) atoms. The summed E-state index contributed by atoms with van der Waals surface area (Å²) in [6.07, 6.45) is 11.0. The van der Waals surface area contributed by atoms with Gasteiger partial charge in [0.05, 0.1) is 31.4 Å². The average molecular weight is 486 g/mol. The monoisotopic (exact) mass is 485 g/mol. The van der Waals surface area contributed by atoms with Gasteiger partial charge in [-0.2, -0.15) is 10.2 Å². The predicted molar refractivity (Wildman–Crippen MR) is 137 cm³/mol. The van der Waals surface area contributed by atoms with Gasteiger partial charge in [0.25, 0.3) is 0 Å². The Morgan fingerprint density at radius 1 is 1.14 bits per heavy atom. The largest absolute Gasteiger partial charge is 0.490 e. The zero-order chi connectivity index (χ0) is 24.9. The maximum atomic E-state index is 12.7. The molecule has 0 aliphatic carbocycles. The Balaban J connectivity index is 1.32. The lowest BCUT2D eigenvalue weighted by atomic mass is 9.95. The second-order valence-electron chi connectivity index (χ2n) is 9.16. The van der Waals surface area contributed by atoms with Crippen molar-refractivity contribution >= 4 is 0 Å². The molecule has 1 fully saturated rings. The molecule has 9 nitrogen and oxygen atoms in total. The second-order valence-corrected chi connectivity index (χ2v) is 9.16. The molecule has 0 spiro atoms. The molecule has 5 rings (SSSR count). The molecule has 0 radical (unpaired) electrons. The topological polar surface area (TPSA) is 99.8 Å². The van der Waals surface area contributed by atoms with Crippen LogP contribution in [0.15, 0.2) is 66.1 Å². The van der Waals surface area contributed by atoms with Crippen LogP contribution >= 0.6 is 0 Å². The van der Waals surface area contributed by atoms with Gasteiger partial charge in [-0.25, -0.2) is 14.6 Å². The third-order valence-electron chi connectivity index (χ3n) is 6.67. The molecule has 1 unspecified atom stereocenters. The predicted octanol–water partition coefficient (Wildman–Crippen LogP) is 3.44. The average Bonchev–Trinajstić information content (AvgIpc) is 3.42. The lowest BCUT2D eigenvalue weighted by molar-refractivity contribution is 0.214. The van der Waals surface area contributed by atoms with Crippen LogP contribution in [-0.2, 0) is 6.54 Å². The highest BCUT2D eigenvalue weighted by molar-refractivity contribution is 5.57. The van der Waals surface area contributed by atoms with E-state index in [0.717, 1.165) is 49.3 Å². The summed E-state index contributed by atoms with van der Waals surface area (Å²) in [5, 5.41) is 12.3. The Labute approximate surface area is 210 Å². The molecule has 1 aliphatic heterocycles. The Kier molecular flexibility index (Phi) is 7.18. The highest BCUT2D eigenvalue weighted by Gasteiger charge is 2.17. The smallest absolute Gasteiger partial charge is 0.203 e. The van der Waals surface area contributed by atoms with Crippen LogP contribution in [0.1, 0.15) is 43.9 Å². The minimum atomic E-state index is -0.210. The van der Waals surface area contributed by atoms with Crippen molar-refractivity contribution < 1.29 is 4.74 Å². The molecular formula is C27H31N7O2. The first-order valence-electron chi connectivity index (χ1n) is 12.5. The summed E-state index contributed by atoms with van der Waals surface area (Å²) in [5.41, 5.74) is 3.04. The molecular weight excluding hydrogens is 454 g/mol. The summed E-state index contributed by atoms with van der Waals surface area (Å²) < 4.78 is 9.44. The van der Waals surface area contributed by atoms with Gasteiger partial charge in [-0.15, -0.1) is 0 Å². The Bertz CT molecular complexity index is 1360. The van der Waals surface area contributed by atoms with Crippen LogP contribution in [0.4, 0.5) is 0 Å². The van der Waals surface area contributed by atoms with Crippen molar-refractivity contribution in [2.45, 2.75) is 39.2 Å². The highest BCUT2D eigenvalue weighted by atomic mass is 16.5. The van der Waals surface area contributed by atoms with Crippen LogP contribution in [0, 0.1) is 5.92 Å². The van der Waals surface area contributed by atoms with Crippen LogP contribution < -0.4 is 15.5 Å². The number of rotatable bonds is 8. The van der Waals surface area contributed by atoms with E-state index < -0.39 is 0 Å². The summed E-state index contributed by atoms with van der Waals surface area (Å²) in [5.74, 6) is 1.66. The minimum absolute atomic E-state index is 0.0986. The molecule has 1 aliphatic rings. The van der Waals surface area contributed by atoms with E-state index in [2.05, 4.69) is 25.5 Å². The number of hydrogen-bond acceptors (Lipinski definition) is 7. The van der Waals surface area contributed by atoms with E-state index in [0.29, 0.717) is 29.8 Å². The molecule has 1 aromatic carbocycles. The molecule has 1 atom stereocenters. The van der Waals surface area contributed by atoms with E-state index in [4.69, 9.17) is 4.74 Å². The van der Waals surface area contributed by atoms with Crippen LogP contribution in [0.2, 0.25) is 0 Å². The van der Waals surface area contributed by atoms with Gasteiger partial charge in [0.15, 0.2) is 11.6 Å². The van der Waals surface area contributed by atoms with Crippen LogP contribution in [-0.4, -0.2) is 49.2 Å². The van der Waals surface area contributed by atoms with Crippen LogP contribution in [0.25, 0.3) is 17.1 Å². The zero-order valence-corrected chi connectivity index (χ0v) is 20.7. The summed E-state index contributed by atoms with van der Waals surface area (Å²) in [4.78, 5) is 21.8. The highest BCUT2D eigenvalue weighted by Crippen LogP contribution is 2.25. The summed E-state index contributed by atoms with van der Waals surface area (Å²) >= 11 is 0. The van der Waals surface area contributed by atoms with Crippen LogP contribution in [0.3, 0.4) is 0 Å². The van der Waals surface area contributed by atoms with Crippen molar-refractivity contribution in [1.82, 2.24) is 34.8 Å². The van der Waals surface area contributed by atoms with Gasteiger partial charge in [-0.3, -0.25) is 9.48 Å². The number of nitrogens with one attached hydrogen (secondary N) is 1. The molecule has 0 saturated carbocycles. The van der Waals surface area contributed by atoms with Crippen molar-refractivity contribution in [3.8, 4) is 22.8 Å². The third-order valence-corrected chi connectivity index (χ3v) is 6.67. The maximum Gasteiger partial charge on any atom is 0.203 e. The fourth-order valence-electron chi connectivity index (χ4n) is 4.42. The molecule has 4 heterocycles. The fourth-order valence-corrected chi connectivity index (χ4v) is 4.42. The normalized spacial score (nSPS) is 15.1. The number of hydrogen-bond donors (Lipinski definition) is 1. The van der Waals surface area contributed by atoms with Crippen molar-refractivity contribution in [2.24, 2.45) is 5.92 Å². The standard InChI is InChI=1S/C27H31N7O2/c1-3-33-17-23(14-31-33)34-12-9-25(35)26(32-34)19(2)21-5-4-6-22(13-21)27-29-15-24(16-30-27)36-18-20-7-10-28-11-8-20/h4-6,9,12-17,19-20,28H,3,7-8,10-11,18H2,1-2H3. The number of piperidine rings is 1. The summed E-state index contributed by atoms with van der Waals surface area (Å²) in [7, 11) is 0. The van der Waals surface area contributed by atoms with E-state index in [1.807, 2.05) is 49.0 Å². The van der Waals surface area contributed by atoms with Gasteiger partial charge < -0.3 is 10.1 Å². The van der Waals surface area contributed by atoms with Crippen molar-refractivity contribution in [3.05, 3.63) is 82.8 Å². The lowest BCUT2D eigenvalue weighted by Gasteiger charge is -2.22. The first-order valence-corrected chi connectivity index (χ1v) is 12.5. The molecule has 4 aromatic rings. The summed E-state index contributed by atoms with van der Waals surface area (Å²) in [6.45, 7) is 7.57. The molecule has 9 heteroatoms. The van der Waals surface area contributed by atoms with Gasteiger partial charge in [0, 0.05) is 30.3 Å². The van der Waals surface area contributed by atoms with Crippen LogP contribution in [0.5, 0.6) is 5.75 Å². The lowest BCUT2D eigenvalue weighted by Crippen LogP contribution is -2.30. The first kappa shape index (κ1) is 23.9. The number of aromatic nitrogens is 6. The fraction of sp³-hybridized carbons (Fsp3) is 0.370. The zero-order valence-electron chi connectivity index (χ0n) is 20.7. The molecule has 1 saturated heterocycles. The number of ether oxygens (including phenoxy) is 1. The third kappa shape index (κ3) is 5.36. The van der Waals surface area contributed by atoms with Gasteiger partial charge in [0.2, 0.25) is 5.43 Å². The van der Waals surface area contributed by atoms with Gasteiger partial charge in [0.1, 0.15) is 11.4 Å². The molecule has 0 bridgehead atoms. The number of aryl methyl sites for hydroxylation is 1. The Morgan fingerprint density at radius 3 is 2.69 bits per heavy atom. The van der Waals surface area contributed by atoms with Crippen molar-refractivity contribution in [2.75, 3.05) is 19.7 Å². The second kappa shape index (κ2) is 10.8. The number of nitrogens with zero attached hydrogens (tertiary/aromatic N) is 6. The quantitative estimate of drug-likeness (QED) is 0.408. The summed E-state index contributed by atoms with van der Waals surface area (Å²) in [6, 6.07) is 9.49. The van der Waals surface area contributed by atoms with E-state index in [1.165, 1.54) is 0 Å². The van der Waals surface area contributed by atoms with E-state index in [1.54, 1.807) is 35.5 Å². The van der Waals surface area contributed by atoms with E-state index in [-0.39, 0.29) is 11.3 Å². The Hall–Kier alpha value is -3.85. The number of benzene rings is 1. The molecule has 186 valence electrons. The Morgan fingerprint density at radius 2 is 1.94 bits per heavy atom.